The van der Waals surface area contributed by atoms with Crippen LogP contribution < -0.4 is 0 Å². The number of nitrogens with zero attached hydrogens (tertiary/aromatic N) is 4. The van der Waals surface area contributed by atoms with Gasteiger partial charge in [0.2, 0.25) is 0 Å². The van der Waals surface area contributed by atoms with Crippen LogP contribution in [0.1, 0.15) is 18.4 Å². The predicted octanol–water partition coefficient (Wildman–Crippen LogP) is 4.15. The van der Waals surface area contributed by atoms with E-state index >= 15 is 0 Å². The Kier molecular flexibility index (Phi) is 4.00. The van der Waals surface area contributed by atoms with E-state index in [-0.39, 0.29) is 11.6 Å². The van der Waals surface area contributed by atoms with Gasteiger partial charge in [-0.15, -0.1) is 0 Å². The van der Waals surface area contributed by atoms with Crippen LogP contribution >= 0.6 is 0 Å². The van der Waals surface area contributed by atoms with Crippen LogP contribution in [0, 0.1) is 5.92 Å². The van der Waals surface area contributed by atoms with Gasteiger partial charge in [0.15, 0.2) is 0 Å². The number of benzene rings is 1. The molecule has 1 fully saturated rings. The van der Waals surface area contributed by atoms with Gasteiger partial charge in [-0.25, -0.2) is 13.5 Å². The van der Waals surface area contributed by atoms with E-state index in [1.807, 2.05) is 0 Å². The largest absolute Gasteiger partial charge is 0.417 e. The van der Waals surface area contributed by atoms with Gasteiger partial charge in [-0.2, -0.15) is 23.4 Å². The molecule has 7 nitrogen and oxygen atoms in total. The summed E-state index contributed by atoms with van der Waals surface area (Å²) in [6.45, 7) is 0. The van der Waals surface area contributed by atoms with E-state index in [0.29, 0.717) is 21.9 Å². The summed E-state index contributed by atoms with van der Waals surface area (Å²) < 4.78 is 69.2. The van der Waals surface area contributed by atoms with Gasteiger partial charge in [0.25, 0.3) is 10.0 Å². The highest BCUT2D eigenvalue weighted by molar-refractivity contribution is 7.89. The number of alkyl halides is 3. The minimum Gasteiger partial charge on any atom is -0.285 e. The number of rotatable bonds is 3. The molecule has 4 aliphatic rings. The van der Waals surface area contributed by atoms with E-state index < -0.39 is 32.7 Å². The van der Waals surface area contributed by atoms with Crippen molar-refractivity contribution in [2.75, 3.05) is 0 Å². The second-order valence-electron chi connectivity index (χ2n) is 7.35. The summed E-state index contributed by atoms with van der Waals surface area (Å²) in [5, 5.41) is 18.6. The van der Waals surface area contributed by atoms with Gasteiger partial charge >= 0.3 is 6.18 Å². The van der Waals surface area contributed by atoms with E-state index in [0.717, 1.165) is 41.5 Å². The van der Waals surface area contributed by atoms with Crippen molar-refractivity contribution in [3.63, 3.8) is 0 Å². The van der Waals surface area contributed by atoms with E-state index in [1.54, 1.807) is 0 Å². The molecule has 3 heterocycles. The molecule has 3 aliphatic heterocycles. The Morgan fingerprint density at radius 3 is 2.60 bits per heavy atom. The Morgan fingerprint density at radius 1 is 1.17 bits per heavy atom. The number of halogens is 3. The van der Waals surface area contributed by atoms with Gasteiger partial charge in [-0.05, 0) is 37.0 Å². The summed E-state index contributed by atoms with van der Waals surface area (Å²) in [6, 6.07) is 3.35. The fraction of sp³-hybridized carbons (Fsp3) is 0.263. The lowest BCUT2D eigenvalue weighted by molar-refractivity contribution is -0.139. The fourth-order valence-corrected chi connectivity index (χ4v) is 5.90. The molecule has 0 aromatic heterocycles. The molecule has 0 bridgehead atoms. The van der Waals surface area contributed by atoms with Crippen LogP contribution in [0.25, 0.3) is 0 Å². The Labute approximate surface area is 169 Å². The van der Waals surface area contributed by atoms with Crippen LogP contribution in [0.3, 0.4) is 0 Å². The Hall–Kier alpha value is -2.92. The Morgan fingerprint density at radius 2 is 1.90 bits per heavy atom. The maximum atomic E-state index is 13.7. The first-order chi connectivity index (χ1) is 14.2. The lowest BCUT2D eigenvalue weighted by Gasteiger charge is -2.41. The number of fused-ring (bicyclic) bond motifs is 2. The molecule has 1 aromatic carbocycles. The highest BCUT2D eigenvalue weighted by Crippen LogP contribution is 2.51. The average Bonchev–Trinajstić information content (AvgIpc) is 3.41. The molecule has 1 saturated carbocycles. The van der Waals surface area contributed by atoms with Crippen molar-refractivity contribution < 1.29 is 26.8 Å². The van der Waals surface area contributed by atoms with E-state index in [1.165, 1.54) is 24.5 Å². The summed E-state index contributed by atoms with van der Waals surface area (Å²) in [5.41, 5.74) is 0.213. The molecule has 5 rings (SSSR count). The van der Waals surface area contributed by atoms with Crippen LogP contribution in [-0.4, -0.2) is 29.0 Å². The van der Waals surface area contributed by atoms with Crippen LogP contribution in [0.2, 0.25) is 0 Å². The van der Waals surface area contributed by atoms with Gasteiger partial charge in [0, 0.05) is 17.3 Å². The second kappa shape index (κ2) is 6.29. The van der Waals surface area contributed by atoms with E-state index in [9.17, 15) is 26.8 Å². The molecule has 1 aromatic rings. The molecular weight excluding hydrogens is 421 g/mol. The van der Waals surface area contributed by atoms with Gasteiger partial charge in [0.1, 0.15) is 5.70 Å². The molecule has 30 heavy (non-hydrogen) atoms. The van der Waals surface area contributed by atoms with Gasteiger partial charge in [-0.3, -0.25) is 9.51 Å². The third kappa shape index (κ3) is 2.80. The SMILES string of the molecule is O=S(=O)(c1ccccc1C(F)(F)F)N1C2=CN(O)C=CC2=C2N=NC=C2C1C1CC1. The van der Waals surface area contributed by atoms with Crippen molar-refractivity contribution in [1.29, 1.82) is 0 Å². The number of azo groups is 1. The zero-order valence-corrected chi connectivity index (χ0v) is 16.1. The standard InChI is InChI=1S/C19H15F3N4O3S/c20-19(21,22)14-3-1-2-4-16(14)30(28,29)26-15-10-25(27)8-7-12(15)17-13(9-23-24-17)18(26)11-5-6-11/h1-4,7-11,18,27H,5-6H2. The summed E-state index contributed by atoms with van der Waals surface area (Å²) in [6.07, 6.45) is 1.98. The number of hydrogen-bond acceptors (Lipinski definition) is 6. The lowest BCUT2D eigenvalue weighted by Crippen LogP contribution is -2.46. The topological polar surface area (TPSA) is 85.6 Å². The minimum absolute atomic E-state index is 0.0573. The highest BCUT2D eigenvalue weighted by Gasteiger charge is 2.51. The summed E-state index contributed by atoms with van der Waals surface area (Å²) in [4.78, 5) is -0.835. The second-order valence-corrected chi connectivity index (χ2v) is 9.13. The molecule has 0 saturated heterocycles. The Bertz CT molecular complexity index is 1190. The third-order valence-corrected chi connectivity index (χ3v) is 7.27. The summed E-state index contributed by atoms with van der Waals surface area (Å²) >= 11 is 0. The zero-order chi connectivity index (χ0) is 21.3. The quantitative estimate of drug-likeness (QED) is 0.771. The lowest BCUT2D eigenvalue weighted by atomic mass is 9.91. The van der Waals surface area contributed by atoms with Gasteiger partial charge in [0.05, 0.1) is 34.6 Å². The smallest absolute Gasteiger partial charge is 0.285 e. The molecule has 0 radical (unpaired) electrons. The number of sulfonamides is 1. The molecule has 1 atom stereocenters. The molecular formula is C19H15F3N4O3S. The number of hydrogen-bond donors (Lipinski definition) is 1. The molecule has 0 spiro atoms. The zero-order valence-electron chi connectivity index (χ0n) is 15.3. The number of allylic oxidation sites excluding steroid dienone is 1. The predicted molar refractivity (Wildman–Crippen MR) is 97.8 cm³/mol. The normalized spacial score (nSPS) is 23.4. The van der Waals surface area contributed by atoms with Crippen molar-refractivity contribution in [1.82, 2.24) is 9.37 Å². The minimum atomic E-state index is -4.85. The van der Waals surface area contributed by atoms with Crippen LogP contribution in [0.15, 0.2) is 86.6 Å². The molecule has 1 aliphatic carbocycles. The van der Waals surface area contributed by atoms with Crippen molar-refractivity contribution >= 4 is 10.0 Å². The molecule has 1 unspecified atom stereocenters. The maximum Gasteiger partial charge on any atom is 0.417 e. The van der Waals surface area contributed by atoms with Crippen molar-refractivity contribution in [3.05, 3.63) is 77.0 Å². The molecule has 1 N–H and O–H groups in total. The van der Waals surface area contributed by atoms with Crippen molar-refractivity contribution in [2.24, 2.45) is 16.1 Å². The molecule has 11 heteroatoms. The average molecular weight is 436 g/mol. The van der Waals surface area contributed by atoms with Crippen LogP contribution in [0.4, 0.5) is 13.2 Å². The van der Waals surface area contributed by atoms with Crippen LogP contribution in [0.5, 0.6) is 0 Å². The van der Waals surface area contributed by atoms with Crippen LogP contribution in [-0.2, 0) is 16.2 Å². The number of hydroxylamine groups is 2. The molecule has 0 amide bonds. The fourth-order valence-electron chi connectivity index (χ4n) is 3.99. The summed E-state index contributed by atoms with van der Waals surface area (Å²) in [7, 11) is -4.65. The first kappa shape index (κ1) is 19.1. The first-order valence-electron chi connectivity index (χ1n) is 9.13. The Balaban J connectivity index is 1.75. The van der Waals surface area contributed by atoms with Gasteiger partial charge in [-0.1, -0.05) is 12.1 Å². The van der Waals surface area contributed by atoms with E-state index in [4.69, 9.17) is 0 Å². The van der Waals surface area contributed by atoms with Crippen molar-refractivity contribution in [2.45, 2.75) is 30.0 Å². The van der Waals surface area contributed by atoms with Gasteiger partial charge < -0.3 is 0 Å². The highest BCUT2D eigenvalue weighted by atomic mass is 32.2. The first-order valence-corrected chi connectivity index (χ1v) is 10.6. The maximum absolute atomic E-state index is 13.7. The summed E-state index contributed by atoms with van der Waals surface area (Å²) in [5.74, 6) is -0.0805. The monoisotopic (exact) mass is 436 g/mol. The third-order valence-electron chi connectivity index (χ3n) is 5.41. The molecule has 156 valence electrons. The van der Waals surface area contributed by atoms with E-state index in [2.05, 4.69) is 10.2 Å². The van der Waals surface area contributed by atoms with Crippen molar-refractivity contribution in [3.8, 4) is 0 Å².